The van der Waals surface area contributed by atoms with E-state index in [0.717, 1.165) is 19.4 Å². The van der Waals surface area contributed by atoms with E-state index in [9.17, 15) is 8.42 Å². The molecule has 1 aliphatic carbocycles. The van der Waals surface area contributed by atoms with E-state index in [-0.39, 0.29) is 22.0 Å². The first-order chi connectivity index (χ1) is 8.89. The van der Waals surface area contributed by atoms with Gasteiger partial charge < -0.3 is 10.1 Å². The Kier molecular flexibility index (Phi) is 4.58. The summed E-state index contributed by atoms with van der Waals surface area (Å²) >= 11 is 0. The van der Waals surface area contributed by atoms with Crippen LogP contribution in [0, 0.1) is 5.41 Å². The van der Waals surface area contributed by atoms with Crippen molar-refractivity contribution in [3.63, 3.8) is 0 Å². The fraction of sp³-hybridized carbons (Fsp3) is 1.00. The highest BCUT2D eigenvalue weighted by Crippen LogP contribution is 2.42. The highest BCUT2D eigenvalue weighted by molar-refractivity contribution is 7.92. The molecule has 0 radical (unpaired) electrons. The Hall–Kier alpha value is -0.130. The highest BCUT2D eigenvalue weighted by atomic mass is 32.2. The van der Waals surface area contributed by atoms with Gasteiger partial charge in [-0.3, -0.25) is 0 Å². The summed E-state index contributed by atoms with van der Waals surface area (Å²) in [6, 6.07) is 0.0883. The minimum atomic E-state index is -3.05. The van der Waals surface area contributed by atoms with Crippen LogP contribution in [0.5, 0.6) is 0 Å². The Morgan fingerprint density at radius 2 is 1.84 bits per heavy atom. The van der Waals surface area contributed by atoms with Crippen LogP contribution in [-0.4, -0.2) is 44.7 Å². The molecule has 2 rings (SSSR count). The molecule has 1 aliphatic heterocycles. The van der Waals surface area contributed by atoms with E-state index >= 15 is 0 Å². The smallest absolute Gasteiger partial charge is 0.157 e. The summed E-state index contributed by atoms with van der Waals surface area (Å²) in [5, 5.41) is 3.01. The number of nitrogens with one attached hydrogen (secondary N) is 1. The van der Waals surface area contributed by atoms with Crippen LogP contribution in [0.15, 0.2) is 0 Å². The molecule has 2 atom stereocenters. The topological polar surface area (TPSA) is 55.4 Å². The van der Waals surface area contributed by atoms with E-state index in [4.69, 9.17) is 4.74 Å². The lowest BCUT2D eigenvalue weighted by Gasteiger charge is -2.33. The maximum atomic E-state index is 12.9. The van der Waals surface area contributed by atoms with Gasteiger partial charge >= 0.3 is 0 Å². The van der Waals surface area contributed by atoms with Crippen LogP contribution in [0.1, 0.15) is 46.5 Å². The molecule has 0 spiro atoms. The van der Waals surface area contributed by atoms with Crippen molar-refractivity contribution < 1.29 is 13.2 Å². The summed E-state index contributed by atoms with van der Waals surface area (Å²) in [5.41, 5.74) is 0.0684. The van der Waals surface area contributed by atoms with Gasteiger partial charge in [-0.1, -0.05) is 20.8 Å². The molecule has 1 saturated heterocycles. The molecule has 1 saturated carbocycles. The van der Waals surface area contributed by atoms with Gasteiger partial charge in [0.15, 0.2) is 9.84 Å². The zero-order valence-electron chi connectivity index (χ0n) is 12.3. The third kappa shape index (κ3) is 2.98. The third-order valence-electron chi connectivity index (χ3n) is 4.77. The monoisotopic (exact) mass is 289 g/mol. The molecule has 2 unspecified atom stereocenters. The van der Waals surface area contributed by atoms with Gasteiger partial charge in [-0.2, -0.15) is 0 Å². The number of sulfone groups is 1. The number of ether oxygens (including phenoxy) is 1. The van der Waals surface area contributed by atoms with Crippen molar-refractivity contribution in [2.75, 3.05) is 19.8 Å². The van der Waals surface area contributed by atoms with Gasteiger partial charge in [-0.25, -0.2) is 8.42 Å². The first kappa shape index (κ1) is 15.3. The van der Waals surface area contributed by atoms with Crippen LogP contribution in [0.2, 0.25) is 0 Å². The Morgan fingerprint density at radius 1 is 1.21 bits per heavy atom. The van der Waals surface area contributed by atoms with Crippen LogP contribution in [0.4, 0.5) is 0 Å². The Morgan fingerprint density at radius 3 is 2.42 bits per heavy atom. The van der Waals surface area contributed by atoms with E-state index in [1.807, 2.05) is 6.92 Å². The lowest BCUT2D eigenvalue weighted by atomic mass is 9.87. The van der Waals surface area contributed by atoms with Crippen molar-refractivity contribution in [3.05, 3.63) is 0 Å². The fourth-order valence-corrected chi connectivity index (χ4v) is 6.21. The SMILES string of the molecule is CCNC1C(S(=O)(=O)C2CCOCC2)CCC1(C)C. The molecule has 0 amide bonds. The Balaban J connectivity index is 2.19. The largest absolute Gasteiger partial charge is 0.381 e. The standard InChI is InChI=1S/C14H27NO3S/c1-4-15-13-12(5-8-14(13,2)3)19(16,17)11-6-9-18-10-7-11/h11-13,15H,4-10H2,1-3H3. The Labute approximate surface area is 117 Å². The molecule has 2 fully saturated rings. The van der Waals surface area contributed by atoms with Crippen molar-refractivity contribution in [3.8, 4) is 0 Å². The molecule has 0 aromatic rings. The van der Waals surface area contributed by atoms with Crippen molar-refractivity contribution in [1.82, 2.24) is 5.32 Å². The molecule has 0 aromatic heterocycles. The molecular formula is C14H27NO3S. The molecule has 0 bridgehead atoms. The second kappa shape index (κ2) is 5.70. The van der Waals surface area contributed by atoms with E-state index in [2.05, 4.69) is 19.2 Å². The van der Waals surface area contributed by atoms with Crippen molar-refractivity contribution in [1.29, 1.82) is 0 Å². The van der Waals surface area contributed by atoms with Gasteiger partial charge in [-0.15, -0.1) is 0 Å². The van der Waals surface area contributed by atoms with Gasteiger partial charge in [0.25, 0.3) is 0 Å². The minimum absolute atomic E-state index is 0.0684. The lowest BCUT2D eigenvalue weighted by molar-refractivity contribution is 0.0981. The second-order valence-corrected chi connectivity index (χ2v) is 8.95. The van der Waals surface area contributed by atoms with Crippen LogP contribution in [0.3, 0.4) is 0 Å². The molecule has 0 aromatic carbocycles. The van der Waals surface area contributed by atoms with Crippen LogP contribution in [0.25, 0.3) is 0 Å². The number of hydrogen-bond donors (Lipinski definition) is 1. The average molecular weight is 289 g/mol. The van der Waals surface area contributed by atoms with Gasteiger partial charge in [-0.05, 0) is 37.6 Å². The van der Waals surface area contributed by atoms with Gasteiger partial charge in [0, 0.05) is 19.3 Å². The Bertz CT molecular complexity index is 399. The van der Waals surface area contributed by atoms with E-state index in [1.54, 1.807) is 0 Å². The fourth-order valence-electron chi connectivity index (χ4n) is 3.57. The maximum absolute atomic E-state index is 12.9. The molecule has 5 heteroatoms. The molecule has 1 heterocycles. The minimum Gasteiger partial charge on any atom is -0.381 e. The molecule has 112 valence electrons. The molecule has 2 aliphatic rings. The van der Waals surface area contributed by atoms with E-state index in [0.29, 0.717) is 26.1 Å². The number of hydrogen-bond acceptors (Lipinski definition) is 4. The van der Waals surface area contributed by atoms with Crippen molar-refractivity contribution >= 4 is 9.84 Å². The van der Waals surface area contributed by atoms with Gasteiger partial charge in [0.05, 0.1) is 10.5 Å². The van der Waals surface area contributed by atoms with Crippen LogP contribution in [-0.2, 0) is 14.6 Å². The summed E-state index contributed by atoms with van der Waals surface area (Å²) in [7, 11) is -3.05. The molecule has 1 N–H and O–H groups in total. The quantitative estimate of drug-likeness (QED) is 0.856. The summed E-state index contributed by atoms with van der Waals surface area (Å²) in [6.45, 7) is 8.41. The molecular weight excluding hydrogens is 262 g/mol. The normalized spacial score (nSPS) is 32.6. The highest BCUT2D eigenvalue weighted by Gasteiger charge is 2.49. The first-order valence-electron chi connectivity index (χ1n) is 7.43. The maximum Gasteiger partial charge on any atom is 0.157 e. The average Bonchev–Trinajstić information content (AvgIpc) is 2.68. The van der Waals surface area contributed by atoms with Gasteiger partial charge in [0.1, 0.15) is 0 Å². The second-order valence-electron chi connectivity index (χ2n) is 6.50. The third-order valence-corrected chi connectivity index (χ3v) is 7.52. The molecule has 4 nitrogen and oxygen atoms in total. The van der Waals surface area contributed by atoms with E-state index < -0.39 is 9.84 Å². The van der Waals surface area contributed by atoms with Gasteiger partial charge in [0.2, 0.25) is 0 Å². The zero-order chi connectivity index (χ0) is 14.1. The van der Waals surface area contributed by atoms with Crippen LogP contribution >= 0.6 is 0 Å². The summed E-state index contributed by atoms with van der Waals surface area (Å²) in [5.74, 6) is 0. The predicted molar refractivity (Wildman–Crippen MR) is 77.0 cm³/mol. The zero-order valence-corrected chi connectivity index (χ0v) is 13.1. The summed E-state index contributed by atoms with van der Waals surface area (Å²) in [6.07, 6.45) is 3.11. The summed E-state index contributed by atoms with van der Waals surface area (Å²) < 4.78 is 31.0. The molecule has 19 heavy (non-hydrogen) atoms. The lowest BCUT2D eigenvalue weighted by Crippen LogP contribution is -2.50. The van der Waals surface area contributed by atoms with Crippen molar-refractivity contribution in [2.24, 2.45) is 5.41 Å². The van der Waals surface area contributed by atoms with E-state index in [1.165, 1.54) is 0 Å². The van der Waals surface area contributed by atoms with Crippen molar-refractivity contribution in [2.45, 2.75) is 63.0 Å². The van der Waals surface area contributed by atoms with Crippen LogP contribution < -0.4 is 5.32 Å². The summed E-state index contributed by atoms with van der Waals surface area (Å²) in [4.78, 5) is 0. The first-order valence-corrected chi connectivity index (χ1v) is 9.04. The predicted octanol–water partition coefficient (Wildman–Crippen LogP) is 1.75. The number of rotatable bonds is 4.